The molecule has 1 spiro atoms. The molecule has 0 bridgehead atoms. The number of aliphatic imine (C=N–C) groups is 1. The van der Waals surface area contributed by atoms with Gasteiger partial charge >= 0.3 is 6.61 Å². The molecule has 0 unspecified atom stereocenters. The van der Waals surface area contributed by atoms with Gasteiger partial charge in [-0.15, -0.1) is 0 Å². The molecule has 2 aliphatic rings. The first-order valence-electron chi connectivity index (χ1n) is 7.24. The summed E-state index contributed by atoms with van der Waals surface area (Å²) < 4.78 is 30.3. The van der Waals surface area contributed by atoms with Crippen LogP contribution in [-0.4, -0.2) is 18.4 Å². The van der Waals surface area contributed by atoms with Gasteiger partial charge in [-0.05, 0) is 49.8 Å². The minimum absolute atomic E-state index is 0.208. The zero-order valence-corrected chi connectivity index (χ0v) is 13.4. The molecule has 116 valence electrons. The van der Waals surface area contributed by atoms with Gasteiger partial charge in [0.25, 0.3) is 0 Å². The van der Waals surface area contributed by atoms with E-state index in [4.69, 9.17) is 5.26 Å². The Kier molecular flexibility index (Phi) is 4.28. The van der Waals surface area contributed by atoms with Crippen molar-refractivity contribution < 1.29 is 13.5 Å². The fourth-order valence-electron chi connectivity index (χ4n) is 3.73. The SMILES string of the molecule is N#C/N=C1/c2cc(Br)ccc2C[C@]12CC[C@@H](OC(F)F)CC2. The number of nitrogens with zero attached hydrogens (tertiary/aromatic N) is 2. The fraction of sp³-hybridized carbons (Fsp3) is 0.500. The first-order valence-corrected chi connectivity index (χ1v) is 8.03. The van der Waals surface area contributed by atoms with Gasteiger partial charge in [0.05, 0.1) is 11.8 Å². The Morgan fingerprint density at radius 2 is 2.09 bits per heavy atom. The van der Waals surface area contributed by atoms with Gasteiger partial charge in [-0.25, -0.2) is 0 Å². The number of rotatable bonds is 2. The topological polar surface area (TPSA) is 45.4 Å². The van der Waals surface area contributed by atoms with E-state index in [0.29, 0.717) is 12.8 Å². The number of hydrogen-bond donors (Lipinski definition) is 0. The third kappa shape index (κ3) is 2.80. The summed E-state index contributed by atoms with van der Waals surface area (Å²) in [6.07, 6.45) is 4.91. The Morgan fingerprint density at radius 3 is 2.73 bits per heavy atom. The minimum atomic E-state index is -2.72. The third-order valence-electron chi connectivity index (χ3n) is 4.71. The van der Waals surface area contributed by atoms with Gasteiger partial charge in [0, 0.05) is 15.5 Å². The van der Waals surface area contributed by atoms with E-state index in [-0.39, 0.29) is 5.41 Å². The van der Waals surface area contributed by atoms with Crippen molar-refractivity contribution in [2.24, 2.45) is 10.4 Å². The highest BCUT2D eigenvalue weighted by Gasteiger charge is 2.46. The van der Waals surface area contributed by atoms with Crippen LogP contribution in [0.2, 0.25) is 0 Å². The van der Waals surface area contributed by atoms with Crippen LogP contribution in [0.4, 0.5) is 8.78 Å². The van der Waals surface area contributed by atoms with Crippen molar-refractivity contribution in [3.8, 4) is 6.19 Å². The molecule has 3 nitrogen and oxygen atoms in total. The second kappa shape index (κ2) is 6.05. The maximum Gasteiger partial charge on any atom is 0.345 e. The number of fused-ring (bicyclic) bond motifs is 1. The smallest absolute Gasteiger partial charge is 0.320 e. The first kappa shape index (κ1) is 15.6. The Morgan fingerprint density at radius 1 is 1.36 bits per heavy atom. The van der Waals surface area contributed by atoms with Crippen LogP contribution in [0.25, 0.3) is 0 Å². The number of nitriles is 1. The van der Waals surface area contributed by atoms with Crippen LogP contribution in [0.15, 0.2) is 27.7 Å². The third-order valence-corrected chi connectivity index (χ3v) is 5.20. The molecule has 22 heavy (non-hydrogen) atoms. The average molecular weight is 369 g/mol. The number of halogens is 3. The molecule has 3 rings (SSSR count). The van der Waals surface area contributed by atoms with Crippen LogP contribution in [0.5, 0.6) is 0 Å². The van der Waals surface area contributed by atoms with Crippen LogP contribution >= 0.6 is 15.9 Å². The quantitative estimate of drug-likeness (QED) is 0.724. The summed E-state index contributed by atoms with van der Waals surface area (Å²) in [5.74, 6) is 0. The number of hydrogen-bond acceptors (Lipinski definition) is 3. The summed E-state index contributed by atoms with van der Waals surface area (Å²) in [5.41, 5.74) is 2.78. The first-order chi connectivity index (χ1) is 10.5. The van der Waals surface area contributed by atoms with Crippen molar-refractivity contribution >= 4 is 21.6 Å². The molecule has 6 heteroatoms. The van der Waals surface area contributed by atoms with Crippen LogP contribution in [0.3, 0.4) is 0 Å². The normalized spacial score (nSPS) is 29.0. The molecule has 2 aliphatic carbocycles. The van der Waals surface area contributed by atoms with Crippen LogP contribution in [-0.2, 0) is 11.2 Å². The van der Waals surface area contributed by atoms with Crippen LogP contribution < -0.4 is 0 Å². The summed E-state index contributed by atoms with van der Waals surface area (Å²) in [6.45, 7) is -2.72. The van der Waals surface area contributed by atoms with Crippen molar-refractivity contribution in [2.45, 2.75) is 44.8 Å². The maximum absolute atomic E-state index is 12.4. The Balaban J connectivity index is 1.87. The van der Waals surface area contributed by atoms with Crippen molar-refractivity contribution in [2.75, 3.05) is 0 Å². The molecule has 0 saturated heterocycles. The lowest BCUT2D eigenvalue weighted by atomic mass is 9.70. The lowest BCUT2D eigenvalue weighted by molar-refractivity contribution is -0.172. The number of ether oxygens (including phenoxy) is 1. The zero-order valence-electron chi connectivity index (χ0n) is 11.9. The highest BCUT2D eigenvalue weighted by atomic mass is 79.9. The van der Waals surface area contributed by atoms with E-state index in [1.165, 1.54) is 5.56 Å². The molecule has 0 atom stereocenters. The van der Waals surface area contributed by atoms with Gasteiger partial charge in [0.1, 0.15) is 0 Å². The minimum Gasteiger partial charge on any atom is -0.320 e. The zero-order chi connectivity index (χ0) is 15.7. The van der Waals surface area contributed by atoms with Crippen molar-refractivity contribution in [1.29, 1.82) is 5.26 Å². The van der Waals surface area contributed by atoms with E-state index in [1.54, 1.807) is 0 Å². The molecular weight excluding hydrogens is 354 g/mol. The Labute approximate surface area is 136 Å². The molecule has 1 aromatic carbocycles. The van der Waals surface area contributed by atoms with Crippen molar-refractivity contribution in [3.05, 3.63) is 33.8 Å². The summed E-state index contributed by atoms with van der Waals surface area (Å²) in [4.78, 5) is 4.08. The van der Waals surface area contributed by atoms with E-state index in [2.05, 4.69) is 25.7 Å². The van der Waals surface area contributed by atoms with E-state index in [0.717, 1.165) is 35.0 Å². The van der Waals surface area contributed by atoms with E-state index in [9.17, 15) is 8.78 Å². The van der Waals surface area contributed by atoms with Gasteiger partial charge in [-0.3, -0.25) is 0 Å². The fourth-order valence-corrected chi connectivity index (χ4v) is 4.09. The standard InChI is InChI=1S/C16H15BrF2N2O/c17-11-2-1-10-8-16(14(21-9-20)13(10)7-11)5-3-12(4-6-16)22-15(18)19/h1-2,7,12,15H,3-6,8H2/b21-14-/t12-,16-. The molecule has 0 aliphatic heterocycles. The van der Waals surface area contributed by atoms with Gasteiger partial charge < -0.3 is 4.74 Å². The second-order valence-electron chi connectivity index (χ2n) is 5.92. The Bertz CT molecular complexity index is 646. The average Bonchev–Trinajstić information content (AvgIpc) is 2.76. The van der Waals surface area contributed by atoms with E-state index < -0.39 is 12.7 Å². The van der Waals surface area contributed by atoms with Crippen molar-refractivity contribution in [3.63, 3.8) is 0 Å². The number of benzene rings is 1. The molecule has 1 aromatic rings. The van der Waals surface area contributed by atoms with Gasteiger partial charge in [0.2, 0.25) is 6.19 Å². The molecule has 1 fully saturated rings. The maximum atomic E-state index is 12.4. The highest BCUT2D eigenvalue weighted by Crippen LogP contribution is 2.48. The Hall–Kier alpha value is -1.32. The van der Waals surface area contributed by atoms with Crippen LogP contribution in [0.1, 0.15) is 36.8 Å². The molecule has 0 N–H and O–H groups in total. The van der Waals surface area contributed by atoms with Gasteiger partial charge in [0.15, 0.2) is 0 Å². The lowest BCUT2D eigenvalue weighted by Crippen LogP contribution is -2.36. The molecule has 0 amide bonds. The summed E-state index contributed by atoms with van der Waals surface area (Å²) in [5, 5.41) is 9.03. The van der Waals surface area contributed by atoms with Crippen LogP contribution in [0, 0.1) is 16.9 Å². The highest BCUT2D eigenvalue weighted by molar-refractivity contribution is 9.10. The predicted molar refractivity (Wildman–Crippen MR) is 81.8 cm³/mol. The molecule has 1 saturated carbocycles. The second-order valence-corrected chi connectivity index (χ2v) is 6.83. The predicted octanol–water partition coefficient (Wildman–Crippen LogP) is 4.44. The number of alkyl halides is 2. The molecular formula is C16H15BrF2N2O. The lowest BCUT2D eigenvalue weighted by Gasteiger charge is -2.37. The van der Waals surface area contributed by atoms with E-state index >= 15 is 0 Å². The van der Waals surface area contributed by atoms with Crippen molar-refractivity contribution in [1.82, 2.24) is 0 Å². The largest absolute Gasteiger partial charge is 0.345 e. The molecule has 0 radical (unpaired) electrons. The van der Waals surface area contributed by atoms with Gasteiger partial charge in [-0.1, -0.05) is 22.0 Å². The van der Waals surface area contributed by atoms with E-state index in [1.807, 2.05) is 24.4 Å². The summed E-state index contributed by atoms with van der Waals surface area (Å²) in [6, 6.07) is 6.01. The molecule has 0 aromatic heterocycles. The van der Waals surface area contributed by atoms with Gasteiger partial charge in [-0.2, -0.15) is 19.0 Å². The monoisotopic (exact) mass is 368 g/mol. The summed E-state index contributed by atoms with van der Waals surface area (Å²) in [7, 11) is 0. The summed E-state index contributed by atoms with van der Waals surface area (Å²) >= 11 is 3.45. The molecule has 0 heterocycles.